The van der Waals surface area contributed by atoms with E-state index in [2.05, 4.69) is 10.3 Å². The Labute approximate surface area is 210 Å². The molecule has 1 saturated heterocycles. The monoisotopic (exact) mass is 511 g/mol. The van der Waals surface area contributed by atoms with Gasteiger partial charge in [-0.25, -0.2) is 9.18 Å². The molecule has 11 heteroatoms. The first kappa shape index (κ1) is 24.7. The minimum atomic E-state index is -1.95. The predicted octanol–water partition coefficient (Wildman–Crippen LogP) is 1.76. The van der Waals surface area contributed by atoms with Gasteiger partial charge in [-0.3, -0.25) is 19.1 Å². The van der Waals surface area contributed by atoms with Crippen molar-refractivity contribution >= 4 is 5.91 Å². The van der Waals surface area contributed by atoms with Crippen LogP contribution >= 0.6 is 0 Å². The molecule has 1 aromatic heterocycles. The van der Waals surface area contributed by atoms with Crippen molar-refractivity contribution in [1.82, 2.24) is 14.9 Å². The van der Waals surface area contributed by atoms with E-state index in [1.165, 1.54) is 13.3 Å². The highest BCUT2D eigenvalue weighted by molar-refractivity contribution is 5.90. The standard InChI is InChI=1S/C26H26FN3O7/c1-3-13-12-30(26(34)29-23(13)32)25-20(27)21(31)18(37-25)11-28-24(33)19-14-7-4-5-9-16(14)36-22-15(19)8-6-10-17(22)35-2/h4-10,12,18-21,25,31H,3,11H2,1-2H3,(H,28,33)(H,29,32,34)/t18-,19?,20+,21-,25-/m1/s1. The molecule has 1 fully saturated rings. The number of carbonyl (C=O) groups is 1. The van der Waals surface area contributed by atoms with E-state index in [0.29, 0.717) is 34.8 Å². The number of amides is 1. The number of aliphatic hydroxyl groups is 1. The lowest BCUT2D eigenvalue weighted by atomic mass is 9.87. The average molecular weight is 512 g/mol. The van der Waals surface area contributed by atoms with E-state index in [0.717, 1.165) is 4.57 Å². The van der Waals surface area contributed by atoms with E-state index in [1.807, 2.05) is 0 Å². The summed E-state index contributed by atoms with van der Waals surface area (Å²) in [5.74, 6) is 0.244. The largest absolute Gasteiger partial charge is 0.493 e. The molecule has 0 saturated carbocycles. The number of halogens is 1. The van der Waals surface area contributed by atoms with Gasteiger partial charge >= 0.3 is 5.69 Å². The lowest BCUT2D eigenvalue weighted by Crippen LogP contribution is -2.41. The highest BCUT2D eigenvalue weighted by Crippen LogP contribution is 2.48. The number of hydrogen-bond acceptors (Lipinski definition) is 7. The number of carbonyl (C=O) groups excluding carboxylic acids is 1. The molecule has 5 rings (SSSR count). The van der Waals surface area contributed by atoms with Gasteiger partial charge in [0.15, 0.2) is 23.9 Å². The summed E-state index contributed by atoms with van der Waals surface area (Å²) in [7, 11) is 1.51. The first-order valence-electron chi connectivity index (χ1n) is 11.9. The molecule has 2 aliphatic rings. The van der Waals surface area contributed by atoms with Gasteiger partial charge in [-0.05, 0) is 18.6 Å². The molecule has 5 atom stereocenters. The second-order valence-corrected chi connectivity index (χ2v) is 8.87. The maximum Gasteiger partial charge on any atom is 0.330 e. The average Bonchev–Trinajstić information content (AvgIpc) is 3.18. The number of aryl methyl sites for hydroxylation is 1. The van der Waals surface area contributed by atoms with Crippen LogP contribution in [0.25, 0.3) is 0 Å². The van der Waals surface area contributed by atoms with Crippen molar-refractivity contribution in [3.05, 3.63) is 86.2 Å². The summed E-state index contributed by atoms with van der Waals surface area (Å²) in [6.07, 6.45) is -4.60. The van der Waals surface area contributed by atoms with Gasteiger partial charge in [0.05, 0.1) is 13.0 Å². The molecule has 1 amide bonds. The summed E-state index contributed by atoms with van der Waals surface area (Å²) in [5, 5.41) is 13.2. The molecule has 37 heavy (non-hydrogen) atoms. The maximum atomic E-state index is 15.0. The van der Waals surface area contributed by atoms with Crippen molar-refractivity contribution < 1.29 is 28.5 Å². The van der Waals surface area contributed by atoms with Crippen LogP contribution in [0.4, 0.5) is 4.39 Å². The van der Waals surface area contributed by atoms with Gasteiger partial charge in [-0.2, -0.15) is 0 Å². The first-order valence-corrected chi connectivity index (χ1v) is 11.9. The summed E-state index contributed by atoms with van der Waals surface area (Å²) in [4.78, 5) is 39.8. The van der Waals surface area contributed by atoms with Crippen molar-refractivity contribution in [3.63, 3.8) is 0 Å². The molecule has 194 valence electrons. The van der Waals surface area contributed by atoms with E-state index in [9.17, 15) is 19.5 Å². The van der Waals surface area contributed by atoms with Gasteiger partial charge in [-0.15, -0.1) is 0 Å². The lowest BCUT2D eigenvalue weighted by molar-refractivity contribution is -0.123. The number of ether oxygens (including phenoxy) is 3. The van der Waals surface area contributed by atoms with Crippen molar-refractivity contribution in [3.8, 4) is 17.2 Å². The molecule has 3 N–H and O–H groups in total. The molecule has 1 unspecified atom stereocenters. The van der Waals surface area contributed by atoms with Crippen molar-refractivity contribution in [1.29, 1.82) is 0 Å². The number of aromatic nitrogens is 2. The Morgan fingerprint density at radius 3 is 2.70 bits per heavy atom. The third-order valence-electron chi connectivity index (χ3n) is 6.71. The first-order chi connectivity index (χ1) is 17.8. The fraction of sp³-hybridized carbons (Fsp3) is 0.346. The van der Waals surface area contributed by atoms with Crippen LogP contribution in [0, 0.1) is 0 Å². The zero-order chi connectivity index (χ0) is 26.3. The van der Waals surface area contributed by atoms with E-state index in [-0.39, 0.29) is 12.1 Å². The van der Waals surface area contributed by atoms with Crippen LogP contribution in [0.2, 0.25) is 0 Å². The predicted molar refractivity (Wildman–Crippen MR) is 130 cm³/mol. The van der Waals surface area contributed by atoms with Crippen LogP contribution in [0.15, 0.2) is 58.3 Å². The number of aromatic amines is 1. The number of hydrogen-bond donors (Lipinski definition) is 3. The van der Waals surface area contributed by atoms with Gasteiger partial charge in [-0.1, -0.05) is 37.3 Å². The maximum absolute atomic E-state index is 15.0. The summed E-state index contributed by atoms with van der Waals surface area (Å²) in [6, 6.07) is 12.4. The minimum Gasteiger partial charge on any atom is -0.493 e. The molecular formula is C26H26FN3O7. The zero-order valence-electron chi connectivity index (χ0n) is 20.1. The molecule has 2 aliphatic heterocycles. The van der Waals surface area contributed by atoms with Gasteiger partial charge in [0.25, 0.3) is 5.56 Å². The number of fused-ring (bicyclic) bond motifs is 2. The minimum absolute atomic E-state index is 0.214. The second kappa shape index (κ2) is 9.83. The quantitative estimate of drug-likeness (QED) is 0.460. The number of H-pyrrole nitrogens is 1. The number of rotatable bonds is 6. The summed E-state index contributed by atoms with van der Waals surface area (Å²) in [6.45, 7) is 1.51. The smallest absolute Gasteiger partial charge is 0.330 e. The molecule has 0 aliphatic carbocycles. The topological polar surface area (TPSA) is 132 Å². The molecular weight excluding hydrogens is 485 g/mol. The van der Waals surface area contributed by atoms with Gasteiger partial charge in [0.2, 0.25) is 5.91 Å². The Kier molecular flexibility index (Phi) is 6.57. The van der Waals surface area contributed by atoms with Crippen molar-refractivity contribution in [2.45, 2.75) is 43.9 Å². The summed E-state index contributed by atoms with van der Waals surface area (Å²) >= 11 is 0. The SMILES string of the molecule is CCc1cn([C@@H]2O[C@H](CNC(=O)C3c4ccccc4Oc4c(OC)cccc43)[C@@H](O)[C@@H]2F)c(=O)[nH]c1=O. The summed E-state index contributed by atoms with van der Waals surface area (Å²) < 4.78 is 33.0. The van der Waals surface area contributed by atoms with Gasteiger partial charge in [0.1, 0.15) is 18.0 Å². The normalized spacial score (nSPS) is 24.1. The molecule has 0 bridgehead atoms. The molecule has 3 aromatic rings. The van der Waals surface area contributed by atoms with E-state index < -0.39 is 47.7 Å². The Balaban J connectivity index is 1.38. The third-order valence-corrected chi connectivity index (χ3v) is 6.71. The second-order valence-electron chi connectivity index (χ2n) is 8.87. The zero-order valence-corrected chi connectivity index (χ0v) is 20.1. The van der Waals surface area contributed by atoms with Gasteiger partial charge in [0, 0.05) is 29.4 Å². The number of aliphatic hydroxyl groups excluding tert-OH is 1. The summed E-state index contributed by atoms with van der Waals surface area (Å²) in [5.41, 5.74) is 0.0959. The highest BCUT2D eigenvalue weighted by Gasteiger charge is 2.46. The van der Waals surface area contributed by atoms with Crippen LogP contribution in [0.1, 0.15) is 35.8 Å². The lowest BCUT2D eigenvalue weighted by Gasteiger charge is -2.29. The molecule has 10 nitrogen and oxygen atoms in total. The van der Waals surface area contributed by atoms with Crippen molar-refractivity contribution in [2.24, 2.45) is 0 Å². The van der Waals surface area contributed by atoms with Crippen LogP contribution in [-0.4, -0.2) is 52.6 Å². The molecule has 0 radical (unpaired) electrons. The molecule has 2 aromatic carbocycles. The molecule has 3 heterocycles. The van der Waals surface area contributed by atoms with Gasteiger partial charge < -0.3 is 24.6 Å². The van der Waals surface area contributed by atoms with E-state index in [1.54, 1.807) is 49.4 Å². The number of nitrogens with one attached hydrogen (secondary N) is 2. The number of para-hydroxylation sites is 2. The Bertz CT molecular complexity index is 1450. The van der Waals surface area contributed by atoms with Crippen LogP contribution < -0.4 is 26.0 Å². The highest BCUT2D eigenvalue weighted by atomic mass is 19.1. The van der Waals surface area contributed by atoms with E-state index in [4.69, 9.17) is 14.2 Å². The number of benzene rings is 2. The van der Waals surface area contributed by atoms with Crippen molar-refractivity contribution in [2.75, 3.05) is 13.7 Å². The van der Waals surface area contributed by atoms with Crippen LogP contribution in [0.5, 0.6) is 17.2 Å². The van der Waals surface area contributed by atoms with Crippen LogP contribution in [0.3, 0.4) is 0 Å². The number of alkyl halides is 1. The molecule has 0 spiro atoms. The number of methoxy groups -OCH3 is 1. The fourth-order valence-electron chi connectivity index (χ4n) is 4.77. The third kappa shape index (κ3) is 4.30. The Morgan fingerprint density at radius 1 is 1.19 bits per heavy atom. The van der Waals surface area contributed by atoms with Crippen LogP contribution in [-0.2, 0) is 16.0 Å². The Morgan fingerprint density at radius 2 is 1.95 bits per heavy atom. The number of nitrogens with zero attached hydrogens (tertiary/aromatic N) is 1. The fourth-order valence-corrected chi connectivity index (χ4v) is 4.77. The Hall–Kier alpha value is -3.96. The van der Waals surface area contributed by atoms with E-state index >= 15 is 4.39 Å².